The molecule has 0 aliphatic heterocycles. The molecule has 4 aromatic carbocycles. The topological polar surface area (TPSA) is 0 Å². The van der Waals surface area contributed by atoms with Crippen LogP contribution in [0.2, 0.25) is 0 Å². The molecule has 2 aliphatic carbocycles. The molecule has 0 fully saturated rings. The molecule has 0 bridgehead atoms. The molecule has 6 rings (SSSR count). The summed E-state index contributed by atoms with van der Waals surface area (Å²) in [6, 6.07) is 35.0. The molecule has 2 aliphatic rings. The van der Waals surface area contributed by atoms with Crippen molar-refractivity contribution in [3.05, 3.63) is 145 Å². The minimum absolute atomic E-state index is 0. The van der Waals surface area contributed by atoms with Crippen LogP contribution in [0, 0.1) is 25.7 Å². The van der Waals surface area contributed by atoms with E-state index in [1.165, 1.54) is 38.9 Å². The number of allylic oxidation sites excluding steroid dienone is 4. The molecule has 0 saturated carbocycles. The smallest absolute Gasteiger partial charge is 1.00 e. The van der Waals surface area contributed by atoms with Gasteiger partial charge in [0.25, 0.3) is 0 Å². The Morgan fingerprint density at radius 1 is 0.707 bits per heavy atom. The van der Waals surface area contributed by atoms with Gasteiger partial charge in [-0.3, -0.25) is 0 Å². The van der Waals surface area contributed by atoms with Gasteiger partial charge in [-0.15, -0.1) is 0 Å². The predicted octanol–water partition coefficient (Wildman–Crippen LogP) is 2.90. The maximum Gasteiger partial charge on any atom is -1.00 e. The molecule has 208 valence electrons. The Morgan fingerprint density at radius 3 is 1.83 bits per heavy atom. The molecular formula is C38H38Cl2Zr. The summed E-state index contributed by atoms with van der Waals surface area (Å²) in [6.45, 7) is 14.0. The van der Waals surface area contributed by atoms with E-state index in [-0.39, 0.29) is 24.8 Å². The molecule has 0 saturated heterocycles. The summed E-state index contributed by atoms with van der Waals surface area (Å²) in [4.78, 5) is 0. The Bertz CT molecular complexity index is 1620. The number of benzene rings is 4. The summed E-state index contributed by atoms with van der Waals surface area (Å²) in [7, 11) is 0. The van der Waals surface area contributed by atoms with Crippen molar-refractivity contribution in [1.29, 1.82) is 0 Å². The standard InChI is InChI=1S/C15H14.C13H9.C10H15.2ClH.Zr/c1-12-3-7-14(8-4-12)11-15-9-5-13(2)6-10-15;1-3-7-12-10(5-1)9-11-6-2-4-8-13(11)12;1-7(2)10-6-8(3)5-9(10)4;;;/h3-10H,1-2H3;1-5,7-8H,9H2;6-8H,1-4H3;2*1H;/q;;;;;+2/p-2. The Morgan fingerprint density at radius 2 is 1.27 bits per heavy atom. The fourth-order valence-electron chi connectivity index (χ4n) is 6.72. The first-order valence-corrected chi connectivity index (χ1v) is 18.0. The fourth-order valence-corrected chi connectivity index (χ4v) is 15.5. The number of hydrogen-bond acceptors (Lipinski definition) is 0. The third kappa shape index (κ3) is 5.84. The molecule has 0 nitrogen and oxygen atoms in total. The first kappa shape index (κ1) is 31.6. The van der Waals surface area contributed by atoms with Crippen molar-refractivity contribution in [2.24, 2.45) is 11.8 Å². The van der Waals surface area contributed by atoms with Crippen LogP contribution in [-0.4, -0.2) is 3.21 Å². The van der Waals surface area contributed by atoms with Crippen molar-refractivity contribution in [1.82, 2.24) is 0 Å². The Hall–Kier alpha value is -2.31. The molecule has 0 radical (unpaired) electrons. The van der Waals surface area contributed by atoms with Gasteiger partial charge < -0.3 is 24.8 Å². The van der Waals surface area contributed by atoms with E-state index in [4.69, 9.17) is 0 Å². The summed E-state index contributed by atoms with van der Waals surface area (Å²) in [5.41, 5.74) is 14.5. The van der Waals surface area contributed by atoms with Crippen LogP contribution in [0.1, 0.15) is 61.1 Å². The number of halogens is 2. The van der Waals surface area contributed by atoms with Gasteiger partial charge >= 0.3 is 244 Å². The van der Waals surface area contributed by atoms with Crippen LogP contribution in [-0.2, 0) is 27.7 Å². The SMILES string of the molecule is CC1=[C]([Zr+2](=[C](c2ccc(C)cc2)c2ccc(C)cc2)[c]2cccc3c2Cc2ccccc2-3)C(C)C=C1C(C)C.[Cl-].[Cl-]. The summed E-state index contributed by atoms with van der Waals surface area (Å²) in [6.07, 6.45) is 3.63. The van der Waals surface area contributed by atoms with Crippen LogP contribution in [0.3, 0.4) is 0 Å². The maximum atomic E-state index is 2.58. The number of fused-ring (bicyclic) bond motifs is 3. The van der Waals surface area contributed by atoms with Crippen molar-refractivity contribution in [2.45, 2.75) is 48.0 Å². The zero-order valence-corrected chi connectivity index (χ0v) is 28.8. The minimum Gasteiger partial charge on any atom is -1.00 e. The molecule has 41 heavy (non-hydrogen) atoms. The van der Waals surface area contributed by atoms with Crippen molar-refractivity contribution < 1.29 is 46.1 Å². The number of aryl methyl sites for hydroxylation is 2. The van der Waals surface area contributed by atoms with Gasteiger partial charge in [0.05, 0.1) is 0 Å². The molecule has 1 unspecified atom stereocenters. The second-order valence-corrected chi connectivity index (χ2v) is 17.5. The molecule has 0 amide bonds. The van der Waals surface area contributed by atoms with Gasteiger partial charge in [-0.05, 0) is 0 Å². The quantitative estimate of drug-likeness (QED) is 0.273. The van der Waals surface area contributed by atoms with E-state index in [1.807, 2.05) is 0 Å². The van der Waals surface area contributed by atoms with Crippen molar-refractivity contribution >= 4 is 6.48 Å². The third-order valence-electron chi connectivity index (χ3n) is 8.66. The monoisotopic (exact) mass is 654 g/mol. The van der Waals surface area contributed by atoms with Crippen molar-refractivity contribution in [2.75, 3.05) is 0 Å². The van der Waals surface area contributed by atoms with Gasteiger partial charge in [-0.25, -0.2) is 0 Å². The van der Waals surface area contributed by atoms with Crippen LogP contribution in [0.15, 0.2) is 111 Å². The van der Waals surface area contributed by atoms with Gasteiger partial charge in [0.15, 0.2) is 0 Å². The van der Waals surface area contributed by atoms with Gasteiger partial charge in [-0.2, -0.15) is 0 Å². The fraction of sp³-hybridized carbons (Fsp3) is 0.237. The van der Waals surface area contributed by atoms with Crippen LogP contribution in [0.5, 0.6) is 0 Å². The molecule has 4 aromatic rings. The summed E-state index contributed by atoms with van der Waals surface area (Å²) in [5.74, 6) is 1.02. The maximum absolute atomic E-state index is 2.72. The number of rotatable bonds is 5. The van der Waals surface area contributed by atoms with Crippen molar-refractivity contribution in [3.63, 3.8) is 0 Å². The second kappa shape index (κ2) is 12.9. The molecule has 0 spiro atoms. The Balaban J connectivity index is 0.00000194. The first-order chi connectivity index (χ1) is 18.8. The first-order valence-electron chi connectivity index (χ1n) is 14.4. The normalized spacial score (nSPS) is 14.9. The van der Waals surface area contributed by atoms with Crippen molar-refractivity contribution in [3.8, 4) is 11.1 Å². The van der Waals surface area contributed by atoms with Gasteiger partial charge in [0, 0.05) is 0 Å². The second-order valence-electron chi connectivity index (χ2n) is 11.8. The summed E-state index contributed by atoms with van der Waals surface area (Å²) >= 11 is -2.72. The number of hydrogen-bond donors (Lipinski definition) is 0. The van der Waals surface area contributed by atoms with Crippen LogP contribution in [0.25, 0.3) is 11.1 Å². The molecule has 0 heterocycles. The predicted molar refractivity (Wildman–Crippen MR) is 165 cm³/mol. The molecule has 0 N–H and O–H groups in total. The average molecular weight is 657 g/mol. The summed E-state index contributed by atoms with van der Waals surface area (Å²) < 4.78 is 5.02. The Kier molecular flexibility index (Phi) is 9.96. The van der Waals surface area contributed by atoms with Gasteiger partial charge in [0.1, 0.15) is 0 Å². The van der Waals surface area contributed by atoms with E-state index in [2.05, 4.69) is 139 Å². The van der Waals surface area contributed by atoms with Crippen LogP contribution in [0.4, 0.5) is 0 Å². The van der Waals surface area contributed by atoms with E-state index in [9.17, 15) is 0 Å². The van der Waals surface area contributed by atoms with E-state index >= 15 is 0 Å². The third-order valence-corrected chi connectivity index (χ3v) is 17.2. The zero-order chi connectivity index (χ0) is 27.3. The molecular weight excluding hydrogens is 619 g/mol. The van der Waals surface area contributed by atoms with E-state index in [0.29, 0.717) is 11.8 Å². The minimum atomic E-state index is -2.72. The summed E-state index contributed by atoms with van der Waals surface area (Å²) in [5, 5.41) is 0. The largest absolute Gasteiger partial charge is 1.00 e. The zero-order valence-electron chi connectivity index (χ0n) is 24.9. The van der Waals surface area contributed by atoms with E-state index < -0.39 is 21.3 Å². The van der Waals surface area contributed by atoms with Gasteiger partial charge in [-0.1, -0.05) is 0 Å². The molecule has 1 atom stereocenters. The van der Waals surface area contributed by atoms with Gasteiger partial charge in [0.2, 0.25) is 0 Å². The Labute approximate surface area is 266 Å². The van der Waals surface area contributed by atoms with E-state index in [0.717, 1.165) is 6.42 Å². The van der Waals surface area contributed by atoms with Crippen LogP contribution < -0.4 is 28.1 Å². The molecule has 0 aromatic heterocycles. The van der Waals surface area contributed by atoms with E-state index in [1.54, 1.807) is 26.5 Å². The molecule has 3 heteroatoms. The van der Waals surface area contributed by atoms with Crippen LogP contribution >= 0.6 is 0 Å². The average Bonchev–Trinajstić information content (AvgIpc) is 3.46.